The third-order valence-corrected chi connectivity index (χ3v) is 4.71. The smallest absolute Gasteiger partial charge is 0.211 e. The van der Waals surface area contributed by atoms with Crippen LogP contribution in [0.1, 0.15) is 62.0 Å². The third kappa shape index (κ3) is 1.91. The fourth-order valence-corrected chi connectivity index (χ4v) is 3.32. The first-order valence-corrected chi connectivity index (χ1v) is 7.03. The SMILES string of the molecule is O=C=NC1(c2ccc(C3CCC3)cc2)CCCC1. The maximum absolute atomic E-state index is 10.7. The highest BCUT2D eigenvalue weighted by Crippen LogP contribution is 2.43. The topological polar surface area (TPSA) is 29.4 Å². The molecule has 2 aliphatic carbocycles. The van der Waals surface area contributed by atoms with E-state index in [2.05, 4.69) is 29.3 Å². The molecule has 2 fully saturated rings. The molecule has 0 radical (unpaired) electrons. The first-order valence-electron chi connectivity index (χ1n) is 7.03. The summed E-state index contributed by atoms with van der Waals surface area (Å²) in [5, 5.41) is 0. The molecule has 0 aliphatic heterocycles. The molecule has 3 rings (SSSR count). The van der Waals surface area contributed by atoms with Crippen LogP contribution in [0.2, 0.25) is 0 Å². The highest BCUT2D eigenvalue weighted by atomic mass is 16.1. The molecule has 18 heavy (non-hydrogen) atoms. The Kier molecular flexibility index (Phi) is 3.05. The Morgan fingerprint density at radius 1 is 1.06 bits per heavy atom. The van der Waals surface area contributed by atoms with E-state index in [0.29, 0.717) is 0 Å². The normalized spacial score (nSPS) is 22.2. The molecule has 2 heteroatoms. The number of hydrogen-bond donors (Lipinski definition) is 0. The second-order valence-corrected chi connectivity index (χ2v) is 5.69. The average Bonchev–Trinajstić information content (AvgIpc) is 2.78. The maximum atomic E-state index is 10.7. The van der Waals surface area contributed by atoms with Gasteiger partial charge in [-0.25, -0.2) is 4.79 Å². The lowest BCUT2D eigenvalue weighted by molar-refractivity contribution is 0.418. The molecule has 0 N–H and O–H groups in total. The average molecular weight is 241 g/mol. The molecule has 0 aromatic heterocycles. The van der Waals surface area contributed by atoms with Crippen molar-refractivity contribution >= 4 is 6.08 Å². The van der Waals surface area contributed by atoms with Crippen molar-refractivity contribution in [1.82, 2.24) is 0 Å². The molecule has 0 bridgehead atoms. The molecule has 0 unspecified atom stereocenters. The Bertz CT molecular complexity index is 460. The van der Waals surface area contributed by atoms with Gasteiger partial charge in [-0.2, -0.15) is 4.99 Å². The van der Waals surface area contributed by atoms with E-state index >= 15 is 0 Å². The lowest BCUT2D eigenvalue weighted by atomic mass is 9.79. The molecule has 0 saturated heterocycles. The van der Waals surface area contributed by atoms with Crippen LogP contribution in [0.25, 0.3) is 0 Å². The summed E-state index contributed by atoms with van der Waals surface area (Å²) in [6, 6.07) is 8.83. The Hall–Kier alpha value is -1.40. The summed E-state index contributed by atoms with van der Waals surface area (Å²) in [6.07, 6.45) is 10.1. The van der Waals surface area contributed by atoms with E-state index < -0.39 is 0 Å². The van der Waals surface area contributed by atoms with Crippen LogP contribution in [0.5, 0.6) is 0 Å². The van der Waals surface area contributed by atoms with Crippen LogP contribution in [0.3, 0.4) is 0 Å². The molecule has 0 amide bonds. The Morgan fingerprint density at radius 2 is 1.72 bits per heavy atom. The van der Waals surface area contributed by atoms with Gasteiger partial charge in [-0.1, -0.05) is 43.5 Å². The van der Waals surface area contributed by atoms with Crippen molar-refractivity contribution in [3.63, 3.8) is 0 Å². The van der Waals surface area contributed by atoms with Crippen LogP contribution >= 0.6 is 0 Å². The molecule has 1 aromatic carbocycles. The zero-order valence-electron chi connectivity index (χ0n) is 10.7. The van der Waals surface area contributed by atoms with Crippen molar-refractivity contribution < 1.29 is 4.79 Å². The van der Waals surface area contributed by atoms with Crippen LogP contribution in [-0.2, 0) is 10.3 Å². The second-order valence-electron chi connectivity index (χ2n) is 5.69. The van der Waals surface area contributed by atoms with Gasteiger partial charge < -0.3 is 0 Å². The number of rotatable bonds is 3. The highest BCUT2D eigenvalue weighted by molar-refractivity contribution is 5.40. The van der Waals surface area contributed by atoms with Crippen molar-refractivity contribution in [3.05, 3.63) is 35.4 Å². The number of nitrogens with zero attached hydrogens (tertiary/aromatic N) is 1. The Balaban J connectivity index is 1.88. The van der Waals surface area contributed by atoms with E-state index in [1.54, 1.807) is 6.08 Å². The summed E-state index contributed by atoms with van der Waals surface area (Å²) < 4.78 is 0. The molecule has 2 saturated carbocycles. The fraction of sp³-hybridized carbons (Fsp3) is 0.562. The first-order chi connectivity index (χ1) is 8.84. The third-order valence-electron chi connectivity index (χ3n) is 4.71. The fourth-order valence-electron chi connectivity index (χ4n) is 3.32. The predicted molar refractivity (Wildman–Crippen MR) is 71.3 cm³/mol. The number of hydrogen-bond acceptors (Lipinski definition) is 2. The van der Waals surface area contributed by atoms with Gasteiger partial charge in [-0.05, 0) is 42.7 Å². The first kappa shape index (κ1) is 11.7. The van der Waals surface area contributed by atoms with Crippen molar-refractivity contribution in [2.75, 3.05) is 0 Å². The Labute approximate surface area is 108 Å². The zero-order chi connectivity index (χ0) is 12.4. The summed E-state index contributed by atoms with van der Waals surface area (Å²) in [4.78, 5) is 14.8. The molecule has 2 nitrogen and oxygen atoms in total. The van der Waals surface area contributed by atoms with E-state index in [-0.39, 0.29) is 5.54 Å². The minimum absolute atomic E-state index is 0.264. The summed E-state index contributed by atoms with van der Waals surface area (Å²) in [5.41, 5.74) is 2.39. The van der Waals surface area contributed by atoms with Crippen LogP contribution < -0.4 is 0 Å². The molecular formula is C16H19NO. The van der Waals surface area contributed by atoms with Crippen molar-refractivity contribution in [3.8, 4) is 0 Å². The van der Waals surface area contributed by atoms with E-state index in [1.807, 2.05) is 0 Å². The van der Waals surface area contributed by atoms with Gasteiger partial charge in [0.25, 0.3) is 0 Å². The van der Waals surface area contributed by atoms with Gasteiger partial charge in [0.05, 0.1) is 5.54 Å². The predicted octanol–water partition coefficient (Wildman–Crippen LogP) is 4.06. The van der Waals surface area contributed by atoms with Gasteiger partial charge in [0.2, 0.25) is 6.08 Å². The molecule has 0 atom stereocenters. The van der Waals surface area contributed by atoms with Crippen LogP contribution in [0, 0.1) is 0 Å². The monoisotopic (exact) mass is 241 g/mol. The molecule has 0 heterocycles. The minimum Gasteiger partial charge on any atom is -0.211 e. The molecule has 0 spiro atoms. The second kappa shape index (κ2) is 4.70. The van der Waals surface area contributed by atoms with Crippen LogP contribution in [0.15, 0.2) is 29.3 Å². The van der Waals surface area contributed by atoms with Crippen LogP contribution in [-0.4, -0.2) is 6.08 Å². The van der Waals surface area contributed by atoms with E-state index in [0.717, 1.165) is 31.6 Å². The summed E-state index contributed by atoms with van der Waals surface area (Å²) in [5.74, 6) is 0.771. The number of carbonyl (C=O) groups excluding carboxylic acids is 1. The lowest BCUT2D eigenvalue weighted by Crippen LogP contribution is -2.19. The number of benzene rings is 1. The van der Waals surface area contributed by atoms with E-state index in [9.17, 15) is 4.79 Å². The standard InChI is InChI=1S/C16H19NO/c18-12-17-16(10-1-2-11-16)15-8-6-14(7-9-15)13-4-3-5-13/h6-9,13H,1-5,10-11H2. The van der Waals surface area contributed by atoms with Crippen molar-refractivity contribution in [2.45, 2.75) is 56.4 Å². The Morgan fingerprint density at radius 3 is 2.22 bits per heavy atom. The number of aliphatic imine (C=N–C) groups is 1. The van der Waals surface area contributed by atoms with Gasteiger partial charge in [-0.3, -0.25) is 0 Å². The summed E-state index contributed by atoms with van der Waals surface area (Å²) >= 11 is 0. The highest BCUT2D eigenvalue weighted by Gasteiger charge is 2.35. The van der Waals surface area contributed by atoms with Crippen molar-refractivity contribution in [2.24, 2.45) is 4.99 Å². The summed E-state index contributed by atoms with van der Waals surface area (Å²) in [6.45, 7) is 0. The van der Waals surface area contributed by atoms with Crippen LogP contribution in [0.4, 0.5) is 0 Å². The number of isocyanates is 1. The summed E-state index contributed by atoms with van der Waals surface area (Å²) in [7, 11) is 0. The van der Waals surface area contributed by atoms with Gasteiger partial charge in [0, 0.05) is 0 Å². The molecular weight excluding hydrogens is 222 g/mol. The zero-order valence-corrected chi connectivity index (χ0v) is 10.7. The molecule has 1 aromatic rings. The lowest BCUT2D eigenvalue weighted by Gasteiger charge is -2.27. The van der Waals surface area contributed by atoms with Gasteiger partial charge in [0.15, 0.2) is 0 Å². The quantitative estimate of drug-likeness (QED) is 0.579. The van der Waals surface area contributed by atoms with Gasteiger partial charge in [0.1, 0.15) is 0 Å². The van der Waals surface area contributed by atoms with Crippen molar-refractivity contribution in [1.29, 1.82) is 0 Å². The van der Waals surface area contributed by atoms with E-state index in [1.165, 1.54) is 30.4 Å². The maximum Gasteiger partial charge on any atom is 0.235 e. The van der Waals surface area contributed by atoms with Gasteiger partial charge in [-0.15, -0.1) is 0 Å². The van der Waals surface area contributed by atoms with E-state index in [4.69, 9.17) is 0 Å². The minimum atomic E-state index is -0.264. The van der Waals surface area contributed by atoms with Gasteiger partial charge >= 0.3 is 0 Å². The molecule has 2 aliphatic rings. The molecule has 94 valence electrons. The largest absolute Gasteiger partial charge is 0.235 e.